The van der Waals surface area contributed by atoms with E-state index >= 15 is 0 Å². The van der Waals surface area contributed by atoms with Gasteiger partial charge in [-0.3, -0.25) is 9.79 Å². The Morgan fingerprint density at radius 2 is 1.73 bits per heavy atom. The van der Waals surface area contributed by atoms with Crippen molar-refractivity contribution in [3.63, 3.8) is 0 Å². The number of halogens is 2. The highest BCUT2D eigenvalue weighted by Gasteiger charge is 2.22. The molecule has 1 aliphatic heterocycles. The summed E-state index contributed by atoms with van der Waals surface area (Å²) in [6.45, 7) is 4.46. The molecule has 1 aliphatic rings. The standard InChI is InChI=1S/C21H24Cl2N4O3/c1-14(28)30-18-4-5-19(20(13-18)29-3)26-6-8-27(9-7-26)21(24-2)25-17-11-15(22)10-16(23)12-17/h4-5,10-13H,6-9H2,1-3H3,(H,24,25). The molecule has 2 aromatic rings. The van der Waals surface area contributed by atoms with Gasteiger partial charge in [0.1, 0.15) is 11.5 Å². The van der Waals surface area contributed by atoms with Gasteiger partial charge in [-0.25, -0.2) is 0 Å². The Bertz CT molecular complexity index is 924. The van der Waals surface area contributed by atoms with Crippen molar-refractivity contribution in [3.8, 4) is 11.5 Å². The van der Waals surface area contributed by atoms with Gasteiger partial charge >= 0.3 is 5.97 Å². The third kappa shape index (κ3) is 5.49. The highest BCUT2D eigenvalue weighted by atomic mass is 35.5. The molecule has 160 valence electrons. The largest absolute Gasteiger partial charge is 0.494 e. The minimum Gasteiger partial charge on any atom is -0.494 e. The zero-order valence-corrected chi connectivity index (χ0v) is 18.6. The Hall–Kier alpha value is -2.64. The van der Waals surface area contributed by atoms with Crippen LogP contribution in [0.4, 0.5) is 11.4 Å². The number of ether oxygens (including phenoxy) is 2. The Labute approximate surface area is 186 Å². The van der Waals surface area contributed by atoms with Crippen molar-refractivity contribution in [1.82, 2.24) is 4.90 Å². The van der Waals surface area contributed by atoms with Gasteiger partial charge in [-0.05, 0) is 30.3 Å². The molecule has 0 radical (unpaired) electrons. The maximum absolute atomic E-state index is 11.2. The molecule has 0 aliphatic carbocycles. The van der Waals surface area contributed by atoms with Crippen LogP contribution in [0, 0.1) is 0 Å². The van der Waals surface area contributed by atoms with E-state index in [1.807, 2.05) is 18.2 Å². The Morgan fingerprint density at radius 1 is 1.07 bits per heavy atom. The number of carbonyl (C=O) groups excluding carboxylic acids is 1. The second kappa shape index (κ2) is 9.91. The van der Waals surface area contributed by atoms with Crippen LogP contribution in [0.1, 0.15) is 6.92 Å². The van der Waals surface area contributed by atoms with Gasteiger partial charge in [-0.2, -0.15) is 0 Å². The summed E-state index contributed by atoms with van der Waals surface area (Å²) in [5.41, 5.74) is 1.75. The van der Waals surface area contributed by atoms with Crippen molar-refractivity contribution >= 4 is 46.5 Å². The van der Waals surface area contributed by atoms with Gasteiger partial charge in [0.25, 0.3) is 0 Å². The number of nitrogens with zero attached hydrogens (tertiary/aromatic N) is 3. The van der Waals surface area contributed by atoms with E-state index in [4.69, 9.17) is 32.7 Å². The Balaban J connectivity index is 1.67. The van der Waals surface area contributed by atoms with Crippen LogP contribution in [-0.4, -0.2) is 57.2 Å². The molecule has 3 rings (SSSR count). The summed E-state index contributed by atoms with van der Waals surface area (Å²) >= 11 is 12.2. The topological polar surface area (TPSA) is 66.4 Å². The number of piperazine rings is 1. The molecule has 0 spiro atoms. The predicted octanol–water partition coefficient (Wildman–Crippen LogP) is 4.15. The number of esters is 1. The molecule has 1 heterocycles. The van der Waals surface area contributed by atoms with Crippen LogP contribution in [0.15, 0.2) is 41.4 Å². The first-order valence-corrected chi connectivity index (χ1v) is 10.2. The van der Waals surface area contributed by atoms with Gasteiger partial charge in [-0.15, -0.1) is 0 Å². The highest BCUT2D eigenvalue weighted by molar-refractivity contribution is 6.35. The van der Waals surface area contributed by atoms with Crippen LogP contribution in [0.25, 0.3) is 0 Å². The van der Waals surface area contributed by atoms with E-state index in [0.717, 1.165) is 43.5 Å². The Kier molecular flexibility index (Phi) is 7.29. The van der Waals surface area contributed by atoms with E-state index in [0.29, 0.717) is 21.5 Å². The molecular formula is C21H24Cl2N4O3. The summed E-state index contributed by atoms with van der Waals surface area (Å²) in [4.78, 5) is 20.0. The molecule has 0 atom stereocenters. The van der Waals surface area contributed by atoms with Crippen LogP contribution in [0.5, 0.6) is 11.5 Å². The maximum atomic E-state index is 11.2. The second-order valence-electron chi connectivity index (χ2n) is 6.73. The molecule has 0 aromatic heterocycles. The van der Waals surface area contributed by atoms with Gasteiger partial charge in [0.05, 0.1) is 12.8 Å². The molecule has 0 saturated carbocycles. The molecule has 1 fully saturated rings. The molecule has 9 heteroatoms. The van der Waals surface area contributed by atoms with E-state index in [-0.39, 0.29) is 5.97 Å². The lowest BCUT2D eigenvalue weighted by molar-refractivity contribution is -0.131. The van der Waals surface area contributed by atoms with Gasteiger partial charge in [0.2, 0.25) is 0 Å². The van der Waals surface area contributed by atoms with E-state index in [2.05, 4.69) is 20.1 Å². The second-order valence-corrected chi connectivity index (χ2v) is 7.60. The number of hydrogen-bond acceptors (Lipinski definition) is 5. The van der Waals surface area contributed by atoms with Crippen LogP contribution >= 0.6 is 23.2 Å². The number of aliphatic imine (C=N–C) groups is 1. The van der Waals surface area contributed by atoms with Gasteiger partial charge in [0.15, 0.2) is 5.96 Å². The quantitative estimate of drug-likeness (QED) is 0.326. The van der Waals surface area contributed by atoms with E-state index in [1.165, 1.54) is 6.92 Å². The Morgan fingerprint density at radius 3 is 2.30 bits per heavy atom. The smallest absolute Gasteiger partial charge is 0.308 e. The molecule has 0 unspecified atom stereocenters. The minimum atomic E-state index is -0.363. The average molecular weight is 451 g/mol. The lowest BCUT2D eigenvalue weighted by Gasteiger charge is -2.38. The summed E-state index contributed by atoms with van der Waals surface area (Å²) in [6.07, 6.45) is 0. The van der Waals surface area contributed by atoms with Crippen LogP contribution in [0.2, 0.25) is 10.0 Å². The predicted molar refractivity (Wildman–Crippen MR) is 122 cm³/mol. The summed E-state index contributed by atoms with van der Waals surface area (Å²) < 4.78 is 10.7. The summed E-state index contributed by atoms with van der Waals surface area (Å²) in [5, 5.41) is 4.43. The molecule has 7 nitrogen and oxygen atoms in total. The number of benzene rings is 2. The number of guanidine groups is 1. The third-order valence-electron chi connectivity index (χ3n) is 4.66. The van der Waals surface area contributed by atoms with Crippen molar-refractivity contribution in [2.24, 2.45) is 4.99 Å². The molecule has 0 amide bonds. The summed E-state index contributed by atoms with van der Waals surface area (Å²) in [7, 11) is 3.35. The van der Waals surface area contributed by atoms with Gasteiger partial charge in [-0.1, -0.05) is 23.2 Å². The molecule has 30 heavy (non-hydrogen) atoms. The molecular weight excluding hydrogens is 427 g/mol. The normalized spacial score (nSPS) is 14.5. The molecule has 2 aromatic carbocycles. The first-order chi connectivity index (χ1) is 14.4. The van der Waals surface area contributed by atoms with Gasteiger partial charge < -0.3 is 24.6 Å². The zero-order valence-electron chi connectivity index (χ0n) is 17.1. The molecule has 0 bridgehead atoms. The third-order valence-corrected chi connectivity index (χ3v) is 5.10. The van der Waals surface area contributed by atoms with E-state index < -0.39 is 0 Å². The molecule has 1 saturated heterocycles. The number of methoxy groups -OCH3 is 1. The maximum Gasteiger partial charge on any atom is 0.308 e. The fourth-order valence-electron chi connectivity index (χ4n) is 3.34. The zero-order chi connectivity index (χ0) is 21.7. The fraction of sp³-hybridized carbons (Fsp3) is 0.333. The number of anilines is 2. The minimum absolute atomic E-state index is 0.363. The number of carbonyl (C=O) groups is 1. The number of nitrogens with one attached hydrogen (secondary N) is 1. The summed E-state index contributed by atoms with van der Waals surface area (Å²) in [5.74, 6) is 1.52. The van der Waals surface area contributed by atoms with Crippen molar-refractivity contribution in [3.05, 3.63) is 46.4 Å². The van der Waals surface area contributed by atoms with Crippen molar-refractivity contribution in [2.75, 3.05) is 50.6 Å². The van der Waals surface area contributed by atoms with Crippen LogP contribution in [0.3, 0.4) is 0 Å². The van der Waals surface area contributed by atoms with Crippen LogP contribution in [-0.2, 0) is 4.79 Å². The van der Waals surface area contributed by atoms with E-state index in [9.17, 15) is 4.79 Å². The average Bonchev–Trinajstić information content (AvgIpc) is 2.71. The fourth-order valence-corrected chi connectivity index (χ4v) is 3.87. The highest BCUT2D eigenvalue weighted by Crippen LogP contribution is 2.33. The SMILES string of the molecule is CN=C(Nc1cc(Cl)cc(Cl)c1)N1CCN(c2ccc(OC(C)=O)cc2OC)CC1. The lowest BCUT2D eigenvalue weighted by atomic mass is 10.2. The first-order valence-electron chi connectivity index (χ1n) is 9.46. The lowest BCUT2D eigenvalue weighted by Crippen LogP contribution is -2.50. The summed E-state index contributed by atoms with van der Waals surface area (Å²) in [6, 6.07) is 10.7. The first kappa shape index (κ1) is 22.1. The molecule has 1 N–H and O–H groups in total. The van der Waals surface area contributed by atoms with E-state index in [1.54, 1.807) is 32.4 Å². The van der Waals surface area contributed by atoms with Crippen molar-refractivity contribution in [2.45, 2.75) is 6.92 Å². The van der Waals surface area contributed by atoms with Gasteiger partial charge in [0, 0.05) is 61.9 Å². The number of rotatable bonds is 4. The van der Waals surface area contributed by atoms with Crippen molar-refractivity contribution < 1.29 is 14.3 Å². The number of hydrogen-bond donors (Lipinski definition) is 1. The van der Waals surface area contributed by atoms with Crippen molar-refractivity contribution in [1.29, 1.82) is 0 Å². The van der Waals surface area contributed by atoms with Crippen LogP contribution < -0.4 is 19.7 Å². The monoisotopic (exact) mass is 450 g/mol.